The number of carbonyl (C=O) groups is 1. The minimum atomic E-state index is -0.381. The Hall–Kier alpha value is -2.27. The van der Waals surface area contributed by atoms with E-state index in [4.69, 9.17) is 25.8 Å². The molecule has 0 N–H and O–H groups in total. The molecule has 25 heavy (non-hydrogen) atoms. The molecule has 1 aromatic heterocycles. The SMILES string of the molecule is CCOC(=O)COc1c(C)cc(OCc2cncc(CCl)c2)cc1C. The number of pyridine rings is 1. The van der Waals surface area contributed by atoms with Gasteiger partial charge in [0.2, 0.25) is 0 Å². The van der Waals surface area contributed by atoms with Crippen molar-refractivity contribution in [3.05, 3.63) is 52.8 Å². The molecule has 0 aliphatic heterocycles. The van der Waals surface area contributed by atoms with Gasteiger partial charge in [0.1, 0.15) is 18.1 Å². The molecule has 0 fully saturated rings. The van der Waals surface area contributed by atoms with E-state index in [0.717, 1.165) is 28.0 Å². The minimum absolute atomic E-state index is 0.105. The molecule has 0 amide bonds. The third kappa shape index (κ3) is 5.64. The molecule has 2 rings (SSSR count). The fourth-order valence-electron chi connectivity index (χ4n) is 2.42. The van der Waals surface area contributed by atoms with Crippen molar-refractivity contribution in [1.82, 2.24) is 4.98 Å². The van der Waals surface area contributed by atoms with Crippen molar-refractivity contribution in [2.24, 2.45) is 0 Å². The van der Waals surface area contributed by atoms with Crippen LogP contribution in [0.3, 0.4) is 0 Å². The van der Waals surface area contributed by atoms with Crippen LogP contribution >= 0.6 is 11.6 Å². The summed E-state index contributed by atoms with van der Waals surface area (Å²) in [6, 6.07) is 5.73. The minimum Gasteiger partial charge on any atom is -0.489 e. The molecule has 1 heterocycles. The molecule has 0 aliphatic carbocycles. The maximum absolute atomic E-state index is 11.4. The van der Waals surface area contributed by atoms with Gasteiger partial charge < -0.3 is 14.2 Å². The fourth-order valence-corrected chi connectivity index (χ4v) is 2.56. The average molecular weight is 364 g/mol. The van der Waals surface area contributed by atoms with Crippen LogP contribution in [0.2, 0.25) is 0 Å². The highest BCUT2D eigenvalue weighted by Crippen LogP contribution is 2.29. The number of benzene rings is 1. The van der Waals surface area contributed by atoms with E-state index in [0.29, 0.717) is 24.8 Å². The Morgan fingerprint density at radius 2 is 1.76 bits per heavy atom. The van der Waals surface area contributed by atoms with Crippen LogP contribution in [-0.4, -0.2) is 24.2 Å². The van der Waals surface area contributed by atoms with Crippen molar-refractivity contribution < 1.29 is 19.0 Å². The maximum atomic E-state index is 11.4. The highest BCUT2D eigenvalue weighted by molar-refractivity contribution is 6.17. The summed E-state index contributed by atoms with van der Waals surface area (Å²) in [5.41, 5.74) is 3.70. The largest absolute Gasteiger partial charge is 0.489 e. The Morgan fingerprint density at radius 3 is 2.40 bits per heavy atom. The van der Waals surface area contributed by atoms with Crippen molar-refractivity contribution in [2.45, 2.75) is 33.3 Å². The van der Waals surface area contributed by atoms with Crippen LogP contribution in [0.15, 0.2) is 30.6 Å². The van der Waals surface area contributed by atoms with Gasteiger partial charge in [-0.15, -0.1) is 11.6 Å². The third-order valence-electron chi connectivity index (χ3n) is 3.48. The molecule has 0 bridgehead atoms. The predicted octanol–water partition coefficient (Wildman–Crippen LogP) is 3.96. The molecular weight excluding hydrogens is 342 g/mol. The molecule has 5 nitrogen and oxygen atoms in total. The zero-order valence-electron chi connectivity index (χ0n) is 14.7. The monoisotopic (exact) mass is 363 g/mol. The lowest BCUT2D eigenvalue weighted by Gasteiger charge is -2.14. The van der Waals surface area contributed by atoms with Gasteiger partial charge in [-0.3, -0.25) is 4.98 Å². The first-order valence-electron chi connectivity index (χ1n) is 8.04. The second kappa shape index (κ2) is 9.28. The van der Waals surface area contributed by atoms with Crippen molar-refractivity contribution in [3.63, 3.8) is 0 Å². The molecule has 1 aromatic carbocycles. The van der Waals surface area contributed by atoms with E-state index in [1.54, 1.807) is 19.3 Å². The van der Waals surface area contributed by atoms with Gasteiger partial charge in [0.05, 0.1) is 6.61 Å². The molecule has 2 aromatic rings. The number of rotatable bonds is 8. The average Bonchev–Trinajstić information content (AvgIpc) is 2.59. The lowest BCUT2D eigenvalue weighted by Crippen LogP contribution is -2.15. The van der Waals surface area contributed by atoms with Crippen molar-refractivity contribution >= 4 is 17.6 Å². The van der Waals surface area contributed by atoms with E-state index in [1.165, 1.54) is 0 Å². The number of hydrogen-bond acceptors (Lipinski definition) is 5. The summed E-state index contributed by atoms with van der Waals surface area (Å²) in [6.07, 6.45) is 3.49. The second-order valence-electron chi connectivity index (χ2n) is 5.60. The Bertz CT molecular complexity index is 710. The second-order valence-corrected chi connectivity index (χ2v) is 5.87. The number of carbonyl (C=O) groups excluding carboxylic acids is 1. The Labute approximate surface area is 152 Å². The van der Waals surface area contributed by atoms with Gasteiger partial charge in [-0.1, -0.05) is 0 Å². The van der Waals surface area contributed by atoms with Crippen LogP contribution in [0, 0.1) is 13.8 Å². The highest BCUT2D eigenvalue weighted by atomic mass is 35.5. The first kappa shape index (κ1) is 19.1. The number of ether oxygens (including phenoxy) is 3. The highest BCUT2D eigenvalue weighted by Gasteiger charge is 2.10. The zero-order chi connectivity index (χ0) is 18.2. The van der Waals surface area contributed by atoms with Crippen molar-refractivity contribution in [3.8, 4) is 11.5 Å². The summed E-state index contributed by atoms with van der Waals surface area (Å²) in [5.74, 6) is 1.44. The van der Waals surface area contributed by atoms with Crippen molar-refractivity contribution in [2.75, 3.05) is 13.2 Å². The lowest BCUT2D eigenvalue weighted by molar-refractivity contribution is -0.145. The first-order chi connectivity index (χ1) is 12.0. The molecule has 134 valence electrons. The molecule has 0 unspecified atom stereocenters. The molecular formula is C19H22ClNO4. The number of alkyl halides is 1. The summed E-state index contributed by atoms with van der Waals surface area (Å²) in [7, 11) is 0. The van der Waals surface area contributed by atoms with Gasteiger partial charge in [-0.25, -0.2) is 4.79 Å². The van der Waals surface area contributed by atoms with Gasteiger partial charge >= 0.3 is 5.97 Å². The number of esters is 1. The predicted molar refractivity (Wildman–Crippen MR) is 96.2 cm³/mol. The van der Waals surface area contributed by atoms with Crippen LogP contribution in [-0.2, 0) is 22.0 Å². The Balaban J connectivity index is 2.01. The van der Waals surface area contributed by atoms with E-state index < -0.39 is 0 Å². The van der Waals surface area contributed by atoms with Gasteiger partial charge in [-0.2, -0.15) is 0 Å². The summed E-state index contributed by atoms with van der Waals surface area (Å²) in [6.45, 7) is 6.23. The molecule has 6 heteroatoms. The van der Waals surface area contributed by atoms with E-state index in [9.17, 15) is 4.79 Å². The van der Waals surface area contributed by atoms with Crippen LogP contribution in [0.25, 0.3) is 0 Å². The molecule has 0 aliphatic rings. The van der Waals surface area contributed by atoms with Crippen LogP contribution < -0.4 is 9.47 Å². The summed E-state index contributed by atoms with van der Waals surface area (Å²) in [5, 5.41) is 0. The fraction of sp³-hybridized carbons (Fsp3) is 0.368. The van der Waals surface area contributed by atoms with Gasteiger partial charge in [0.15, 0.2) is 6.61 Å². The lowest BCUT2D eigenvalue weighted by atomic mass is 10.1. The first-order valence-corrected chi connectivity index (χ1v) is 8.58. The quantitative estimate of drug-likeness (QED) is 0.525. The summed E-state index contributed by atoms with van der Waals surface area (Å²) >= 11 is 5.82. The summed E-state index contributed by atoms with van der Waals surface area (Å²) < 4.78 is 16.3. The van der Waals surface area contributed by atoms with E-state index in [-0.39, 0.29) is 12.6 Å². The van der Waals surface area contributed by atoms with Crippen LogP contribution in [0.1, 0.15) is 29.2 Å². The van der Waals surface area contributed by atoms with Crippen LogP contribution in [0.5, 0.6) is 11.5 Å². The molecule has 0 atom stereocenters. The van der Waals surface area contributed by atoms with Gasteiger partial charge in [-0.05, 0) is 55.7 Å². The number of aryl methyl sites for hydroxylation is 2. The Kier molecular flexibility index (Phi) is 7.07. The molecule has 0 saturated heterocycles. The van der Waals surface area contributed by atoms with Crippen molar-refractivity contribution in [1.29, 1.82) is 0 Å². The number of nitrogens with zero attached hydrogens (tertiary/aromatic N) is 1. The van der Waals surface area contributed by atoms with Gasteiger partial charge in [0.25, 0.3) is 0 Å². The van der Waals surface area contributed by atoms with Gasteiger partial charge in [0, 0.05) is 23.8 Å². The Morgan fingerprint density at radius 1 is 1.08 bits per heavy atom. The zero-order valence-corrected chi connectivity index (χ0v) is 15.4. The van der Waals surface area contributed by atoms with Crippen LogP contribution in [0.4, 0.5) is 0 Å². The molecule has 0 radical (unpaired) electrons. The van der Waals surface area contributed by atoms with E-state index in [1.807, 2.05) is 32.0 Å². The van der Waals surface area contributed by atoms with E-state index >= 15 is 0 Å². The summed E-state index contributed by atoms with van der Waals surface area (Å²) in [4.78, 5) is 15.6. The smallest absolute Gasteiger partial charge is 0.344 e. The number of hydrogen-bond donors (Lipinski definition) is 0. The molecule has 0 spiro atoms. The number of aromatic nitrogens is 1. The normalized spacial score (nSPS) is 10.4. The topological polar surface area (TPSA) is 57.7 Å². The third-order valence-corrected chi connectivity index (χ3v) is 3.79. The number of halogens is 1. The molecule has 0 saturated carbocycles. The standard InChI is InChI=1S/C19H22ClNO4/c1-4-23-18(22)12-25-19-13(2)5-17(6-14(19)3)24-11-16-7-15(8-20)9-21-10-16/h5-7,9-10H,4,8,11-12H2,1-3H3. The maximum Gasteiger partial charge on any atom is 0.344 e. The van der Waals surface area contributed by atoms with E-state index in [2.05, 4.69) is 4.98 Å².